The Labute approximate surface area is 254 Å². The van der Waals surface area contributed by atoms with Crippen molar-refractivity contribution in [2.24, 2.45) is 0 Å². The Bertz CT molecular complexity index is 2470. The van der Waals surface area contributed by atoms with Gasteiger partial charge in [-0.05, 0) is 59.2 Å². The molecule has 0 radical (unpaired) electrons. The molecule has 0 bridgehead atoms. The zero-order valence-corrected chi connectivity index (χ0v) is 23.9. The lowest BCUT2D eigenvalue weighted by atomic mass is 9.99. The van der Waals surface area contributed by atoms with Crippen molar-refractivity contribution < 1.29 is 0 Å². The van der Waals surface area contributed by atoms with Gasteiger partial charge in [0.1, 0.15) is 0 Å². The van der Waals surface area contributed by atoms with Gasteiger partial charge in [0, 0.05) is 50.9 Å². The van der Waals surface area contributed by atoms with E-state index in [9.17, 15) is 0 Å². The molecule has 0 aliphatic heterocycles. The Morgan fingerprint density at radius 2 is 0.955 bits per heavy atom. The van der Waals surface area contributed by atoms with Gasteiger partial charge in [-0.1, -0.05) is 109 Å². The minimum Gasteiger partial charge on any atom is -0.309 e. The van der Waals surface area contributed by atoms with Crippen molar-refractivity contribution >= 4 is 43.6 Å². The zero-order chi connectivity index (χ0) is 29.0. The van der Waals surface area contributed by atoms with Gasteiger partial charge >= 0.3 is 0 Å². The van der Waals surface area contributed by atoms with Crippen molar-refractivity contribution in [3.05, 3.63) is 164 Å². The normalized spacial score (nSPS) is 11.6. The third kappa shape index (κ3) is 3.66. The molecule has 0 saturated heterocycles. The fourth-order valence-electron chi connectivity index (χ4n) is 6.91. The van der Waals surface area contributed by atoms with E-state index in [2.05, 4.69) is 161 Å². The maximum atomic E-state index is 4.82. The monoisotopic (exact) mass is 561 g/mol. The van der Waals surface area contributed by atoms with Crippen LogP contribution < -0.4 is 0 Å². The lowest BCUT2D eigenvalue weighted by molar-refractivity contribution is 1.17. The van der Waals surface area contributed by atoms with Crippen LogP contribution in [0.25, 0.3) is 77.2 Å². The van der Waals surface area contributed by atoms with Crippen LogP contribution in [0.3, 0.4) is 0 Å². The van der Waals surface area contributed by atoms with E-state index in [1.54, 1.807) is 0 Å². The maximum absolute atomic E-state index is 4.82. The van der Waals surface area contributed by atoms with Crippen LogP contribution in [0.2, 0.25) is 0 Å². The lowest BCUT2D eigenvalue weighted by Gasteiger charge is -2.13. The third-order valence-corrected chi connectivity index (χ3v) is 8.81. The van der Waals surface area contributed by atoms with Crippen LogP contribution in [0.4, 0.5) is 0 Å². The molecule has 0 unspecified atom stereocenters. The number of pyridine rings is 1. The van der Waals surface area contributed by atoms with Gasteiger partial charge in [0.2, 0.25) is 0 Å². The SMILES string of the molecule is c1ccc(-c2ccc(-n3c4ccccc4c4c(-c5cncc6c7ccccc7n(-c7ccccc7)c56)cccc43)cc2)cc1. The molecule has 206 valence electrons. The van der Waals surface area contributed by atoms with Crippen LogP contribution in [0.1, 0.15) is 0 Å². The second-order valence-electron chi connectivity index (χ2n) is 11.2. The number of hydrogen-bond acceptors (Lipinski definition) is 1. The summed E-state index contributed by atoms with van der Waals surface area (Å²) in [6.07, 6.45) is 4.05. The van der Waals surface area contributed by atoms with E-state index in [-0.39, 0.29) is 0 Å². The van der Waals surface area contributed by atoms with E-state index in [4.69, 9.17) is 4.98 Å². The first-order chi connectivity index (χ1) is 21.9. The van der Waals surface area contributed by atoms with E-state index in [1.807, 2.05) is 12.4 Å². The highest BCUT2D eigenvalue weighted by atomic mass is 15.0. The molecule has 3 heteroatoms. The van der Waals surface area contributed by atoms with Gasteiger partial charge in [-0.2, -0.15) is 0 Å². The molecular weight excluding hydrogens is 534 g/mol. The summed E-state index contributed by atoms with van der Waals surface area (Å²) in [6.45, 7) is 0. The van der Waals surface area contributed by atoms with Gasteiger partial charge in [-0.3, -0.25) is 4.98 Å². The molecule has 3 aromatic heterocycles. The van der Waals surface area contributed by atoms with E-state index in [0.717, 1.165) is 22.3 Å². The summed E-state index contributed by atoms with van der Waals surface area (Å²) in [7, 11) is 0. The fourth-order valence-corrected chi connectivity index (χ4v) is 6.91. The quantitative estimate of drug-likeness (QED) is 0.210. The Morgan fingerprint density at radius 3 is 1.73 bits per heavy atom. The van der Waals surface area contributed by atoms with Gasteiger partial charge in [-0.25, -0.2) is 0 Å². The van der Waals surface area contributed by atoms with Crippen molar-refractivity contribution in [2.75, 3.05) is 0 Å². The summed E-state index contributed by atoms with van der Waals surface area (Å²) in [5.41, 5.74) is 11.7. The Kier molecular flexibility index (Phi) is 5.50. The molecule has 0 saturated carbocycles. The molecule has 9 aromatic rings. The summed E-state index contributed by atoms with van der Waals surface area (Å²) >= 11 is 0. The van der Waals surface area contributed by atoms with Gasteiger partial charge in [0.15, 0.2) is 0 Å². The number of fused-ring (bicyclic) bond motifs is 6. The van der Waals surface area contributed by atoms with Crippen molar-refractivity contribution in [1.29, 1.82) is 0 Å². The van der Waals surface area contributed by atoms with Gasteiger partial charge < -0.3 is 9.13 Å². The topological polar surface area (TPSA) is 22.8 Å². The largest absolute Gasteiger partial charge is 0.309 e. The molecule has 0 amide bonds. The molecule has 0 atom stereocenters. The average Bonchev–Trinajstić information content (AvgIpc) is 3.62. The Balaban J connectivity index is 1.34. The molecule has 0 N–H and O–H groups in total. The molecule has 0 aliphatic carbocycles. The molecule has 3 heterocycles. The fraction of sp³-hybridized carbons (Fsp3) is 0. The van der Waals surface area contributed by atoms with Crippen molar-refractivity contribution in [2.45, 2.75) is 0 Å². The number of hydrogen-bond donors (Lipinski definition) is 0. The molecule has 0 aliphatic rings. The van der Waals surface area contributed by atoms with Crippen molar-refractivity contribution in [3.8, 4) is 33.6 Å². The van der Waals surface area contributed by atoms with Gasteiger partial charge in [-0.15, -0.1) is 0 Å². The lowest BCUT2D eigenvalue weighted by Crippen LogP contribution is -1.96. The first kappa shape index (κ1) is 24.6. The Hall–Kier alpha value is -5.93. The second-order valence-corrected chi connectivity index (χ2v) is 11.2. The van der Waals surface area contributed by atoms with E-state index in [0.29, 0.717) is 0 Å². The van der Waals surface area contributed by atoms with Gasteiger partial charge in [0.25, 0.3) is 0 Å². The molecule has 6 aromatic carbocycles. The first-order valence-electron chi connectivity index (χ1n) is 15.0. The number of nitrogens with zero attached hydrogens (tertiary/aromatic N) is 3. The van der Waals surface area contributed by atoms with Crippen LogP contribution >= 0.6 is 0 Å². The standard InChI is InChI=1S/C41H27N3/c1-3-12-28(13-4-1)29-22-24-31(25-23-29)43-38-20-10-8-17-34(38)40-33(18-11-21-39(40)43)36-27-42-26-35-32-16-7-9-19-37(32)44(41(35)36)30-14-5-2-6-15-30/h1-27H. The molecule has 0 spiro atoms. The molecule has 3 nitrogen and oxygen atoms in total. The molecule has 9 rings (SSSR count). The number of rotatable bonds is 4. The van der Waals surface area contributed by atoms with E-state index < -0.39 is 0 Å². The molecular formula is C41H27N3. The zero-order valence-electron chi connectivity index (χ0n) is 23.9. The van der Waals surface area contributed by atoms with Crippen LogP contribution in [0.15, 0.2) is 164 Å². The minimum atomic E-state index is 1.12. The second kappa shape index (κ2) is 9.82. The predicted molar refractivity (Wildman–Crippen MR) is 184 cm³/mol. The highest BCUT2D eigenvalue weighted by Gasteiger charge is 2.21. The number of benzene rings is 6. The van der Waals surface area contributed by atoms with Crippen molar-refractivity contribution in [1.82, 2.24) is 14.1 Å². The maximum Gasteiger partial charge on any atom is 0.0650 e. The van der Waals surface area contributed by atoms with Crippen LogP contribution in [-0.4, -0.2) is 14.1 Å². The smallest absolute Gasteiger partial charge is 0.0650 e. The first-order valence-corrected chi connectivity index (χ1v) is 15.0. The summed E-state index contributed by atoms with van der Waals surface area (Å²) in [5.74, 6) is 0. The summed E-state index contributed by atoms with van der Waals surface area (Å²) in [6, 6.07) is 54.2. The molecule has 0 fully saturated rings. The third-order valence-electron chi connectivity index (χ3n) is 8.81. The summed E-state index contributed by atoms with van der Waals surface area (Å²) in [4.78, 5) is 4.82. The van der Waals surface area contributed by atoms with E-state index in [1.165, 1.54) is 54.9 Å². The highest BCUT2D eigenvalue weighted by Crippen LogP contribution is 2.43. The Morgan fingerprint density at radius 1 is 0.364 bits per heavy atom. The summed E-state index contributed by atoms with van der Waals surface area (Å²) in [5, 5.41) is 4.81. The van der Waals surface area contributed by atoms with Crippen LogP contribution in [-0.2, 0) is 0 Å². The average molecular weight is 562 g/mol. The molecule has 44 heavy (non-hydrogen) atoms. The number of aromatic nitrogens is 3. The predicted octanol–water partition coefficient (Wildman–Crippen LogP) is 10.6. The van der Waals surface area contributed by atoms with Crippen LogP contribution in [0, 0.1) is 0 Å². The highest BCUT2D eigenvalue weighted by molar-refractivity contribution is 6.20. The number of para-hydroxylation sites is 3. The van der Waals surface area contributed by atoms with E-state index >= 15 is 0 Å². The van der Waals surface area contributed by atoms with Crippen molar-refractivity contribution in [3.63, 3.8) is 0 Å². The van der Waals surface area contributed by atoms with Gasteiger partial charge in [0.05, 0.1) is 22.1 Å². The van der Waals surface area contributed by atoms with Crippen LogP contribution in [0.5, 0.6) is 0 Å². The summed E-state index contributed by atoms with van der Waals surface area (Å²) < 4.78 is 4.78. The minimum absolute atomic E-state index is 1.12.